The molecule has 1 atom stereocenters. The molecule has 1 saturated heterocycles. The van der Waals surface area contributed by atoms with Gasteiger partial charge in [0.1, 0.15) is 7.85 Å². The van der Waals surface area contributed by atoms with Gasteiger partial charge in [-0.1, -0.05) is 29.7 Å². The van der Waals surface area contributed by atoms with Gasteiger partial charge in [0.25, 0.3) is 0 Å². The lowest BCUT2D eigenvalue weighted by Gasteiger charge is -2.22. The Balaban J connectivity index is 1.62. The lowest BCUT2D eigenvalue weighted by Crippen LogP contribution is -2.22. The molecule has 0 spiro atoms. The highest BCUT2D eigenvalue weighted by Gasteiger charge is 2.13. The van der Waals surface area contributed by atoms with E-state index >= 15 is 0 Å². The van der Waals surface area contributed by atoms with E-state index in [4.69, 9.17) is 9.47 Å². The second kappa shape index (κ2) is 6.82. The first-order chi connectivity index (χ1) is 8.34. The Morgan fingerprint density at radius 2 is 2.29 bits per heavy atom. The van der Waals surface area contributed by atoms with Gasteiger partial charge >= 0.3 is 0 Å². The van der Waals surface area contributed by atoms with E-state index in [1.807, 2.05) is 0 Å². The molecule has 1 unspecified atom stereocenters. The fourth-order valence-electron chi connectivity index (χ4n) is 2.20. The summed E-state index contributed by atoms with van der Waals surface area (Å²) in [5.74, 6) is 0. The normalized spacial score (nSPS) is 20.4. The second-order valence-electron chi connectivity index (χ2n) is 4.76. The topological polar surface area (TPSA) is 18.5 Å². The van der Waals surface area contributed by atoms with Crippen molar-refractivity contribution < 1.29 is 9.47 Å². The van der Waals surface area contributed by atoms with Gasteiger partial charge in [-0.3, -0.25) is 0 Å². The van der Waals surface area contributed by atoms with E-state index in [0.717, 1.165) is 32.5 Å². The first kappa shape index (κ1) is 12.7. The van der Waals surface area contributed by atoms with Crippen molar-refractivity contribution >= 4 is 13.3 Å². The van der Waals surface area contributed by atoms with Crippen molar-refractivity contribution in [1.82, 2.24) is 0 Å². The quantitative estimate of drug-likeness (QED) is 0.564. The van der Waals surface area contributed by atoms with Crippen LogP contribution in [0.3, 0.4) is 0 Å². The number of hydrogen-bond acceptors (Lipinski definition) is 2. The first-order valence-corrected chi connectivity index (χ1v) is 6.63. The van der Waals surface area contributed by atoms with Gasteiger partial charge in [-0.05, 0) is 37.7 Å². The smallest absolute Gasteiger partial charge is 0.157 e. The SMILES string of the molecule is Bc1cccc(CCCOC2CCCCO2)c1. The molecule has 1 aliphatic rings. The van der Waals surface area contributed by atoms with Gasteiger partial charge in [0.2, 0.25) is 0 Å². The predicted molar refractivity (Wildman–Crippen MR) is 72.5 cm³/mol. The van der Waals surface area contributed by atoms with Gasteiger partial charge in [0.05, 0.1) is 6.61 Å². The highest BCUT2D eigenvalue weighted by Crippen LogP contribution is 2.14. The van der Waals surface area contributed by atoms with Crippen molar-refractivity contribution in [2.45, 2.75) is 38.4 Å². The van der Waals surface area contributed by atoms with E-state index in [1.165, 1.54) is 23.9 Å². The van der Waals surface area contributed by atoms with Crippen molar-refractivity contribution in [3.63, 3.8) is 0 Å². The molecule has 0 radical (unpaired) electrons. The molecular weight excluding hydrogens is 211 g/mol. The van der Waals surface area contributed by atoms with Crippen LogP contribution in [0.15, 0.2) is 24.3 Å². The predicted octanol–water partition coefficient (Wildman–Crippen LogP) is 1.42. The molecule has 1 fully saturated rings. The van der Waals surface area contributed by atoms with Gasteiger partial charge < -0.3 is 9.47 Å². The van der Waals surface area contributed by atoms with Crippen LogP contribution in [-0.4, -0.2) is 27.4 Å². The summed E-state index contributed by atoms with van der Waals surface area (Å²) >= 11 is 0. The molecule has 1 aliphatic heterocycles. The standard InChI is InChI=1S/C14H21BO2/c15-13-7-3-5-12(11-13)6-4-10-17-14-8-1-2-9-16-14/h3,5,7,11,14H,1-2,4,6,8-10,15H2. The largest absolute Gasteiger partial charge is 0.353 e. The third-order valence-electron chi connectivity index (χ3n) is 3.13. The highest BCUT2D eigenvalue weighted by molar-refractivity contribution is 6.32. The van der Waals surface area contributed by atoms with Crippen LogP contribution in [0, 0.1) is 0 Å². The van der Waals surface area contributed by atoms with Crippen LogP contribution in [0.4, 0.5) is 0 Å². The minimum absolute atomic E-state index is 0.0567. The summed E-state index contributed by atoms with van der Waals surface area (Å²) in [5.41, 5.74) is 2.73. The second-order valence-corrected chi connectivity index (χ2v) is 4.76. The highest BCUT2D eigenvalue weighted by atomic mass is 16.7. The van der Waals surface area contributed by atoms with E-state index in [-0.39, 0.29) is 6.29 Å². The molecule has 0 amide bonds. The van der Waals surface area contributed by atoms with Gasteiger partial charge in [-0.25, -0.2) is 0 Å². The summed E-state index contributed by atoms with van der Waals surface area (Å²) in [6.45, 7) is 1.67. The number of rotatable bonds is 5. The number of hydrogen-bond donors (Lipinski definition) is 0. The van der Waals surface area contributed by atoms with Crippen molar-refractivity contribution in [2.75, 3.05) is 13.2 Å². The average molecular weight is 232 g/mol. The molecule has 0 N–H and O–H groups in total. The molecule has 1 aromatic rings. The Morgan fingerprint density at radius 1 is 1.35 bits per heavy atom. The van der Waals surface area contributed by atoms with Crippen LogP contribution in [0.25, 0.3) is 0 Å². The van der Waals surface area contributed by atoms with E-state index in [9.17, 15) is 0 Å². The molecule has 0 saturated carbocycles. The Kier molecular flexibility index (Phi) is 5.08. The minimum atomic E-state index is 0.0567. The summed E-state index contributed by atoms with van der Waals surface area (Å²) in [6, 6.07) is 8.69. The van der Waals surface area contributed by atoms with Crippen LogP contribution in [0.5, 0.6) is 0 Å². The van der Waals surface area contributed by atoms with Crippen LogP contribution in [-0.2, 0) is 15.9 Å². The summed E-state index contributed by atoms with van der Waals surface area (Å²) in [4.78, 5) is 0. The fraction of sp³-hybridized carbons (Fsp3) is 0.571. The maximum absolute atomic E-state index is 5.71. The molecule has 1 aromatic carbocycles. The molecule has 1 heterocycles. The van der Waals surface area contributed by atoms with Crippen LogP contribution >= 0.6 is 0 Å². The van der Waals surface area contributed by atoms with Gasteiger partial charge in [0.15, 0.2) is 6.29 Å². The third kappa shape index (κ3) is 4.53. The van der Waals surface area contributed by atoms with E-state index in [1.54, 1.807) is 0 Å². The van der Waals surface area contributed by atoms with E-state index in [2.05, 4.69) is 32.1 Å². The number of aryl methyl sites for hydroxylation is 1. The first-order valence-electron chi connectivity index (χ1n) is 6.63. The molecule has 92 valence electrons. The zero-order chi connectivity index (χ0) is 11.9. The summed E-state index contributed by atoms with van der Waals surface area (Å²) in [5, 5.41) is 0. The van der Waals surface area contributed by atoms with Crippen LogP contribution in [0.1, 0.15) is 31.2 Å². The molecular formula is C14H21BO2. The lowest BCUT2D eigenvalue weighted by molar-refractivity contribution is -0.162. The lowest BCUT2D eigenvalue weighted by atomic mass is 9.93. The zero-order valence-electron chi connectivity index (χ0n) is 10.7. The number of benzene rings is 1. The van der Waals surface area contributed by atoms with Gasteiger partial charge in [0, 0.05) is 6.61 Å². The van der Waals surface area contributed by atoms with Gasteiger partial charge in [-0.2, -0.15) is 0 Å². The molecule has 0 bridgehead atoms. The third-order valence-corrected chi connectivity index (χ3v) is 3.13. The average Bonchev–Trinajstić information content (AvgIpc) is 2.36. The molecule has 3 heteroatoms. The Bertz CT molecular complexity index is 335. The summed E-state index contributed by atoms with van der Waals surface area (Å²) in [6.07, 6.45) is 5.70. The molecule has 0 aromatic heterocycles. The Hall–Kier alpha value is -0.795. The van der Waals surface area contributed by atoms with Crippen molar-refractivity contribution in [3.8, 4) is 0 Å². The van der Waals surface area contributed by atoms with E-state index < -0.39 is 0 Å². The fourth-order valence-corrected chi connectivity index (χ4v) is 2.20. The van der Waals surface area contributed by atoms with Crippen LogP contribution < -0.4 is 5.46 Å². The summed E-state index contributed by atoms with van der Waals surface area (Å²) in [7, 11) is 2.13. The van der Waals surface area contributed by atoms with Crippen molar-refractivity contribution in [1.29, 1.82) is 0 Å². The maximum atomic E-state index is 5.71. The number of ether oxygens (including phenoxy) is 2. The summed E-state index contributed by atoms with van der Waals surface area (Å²) < 4.78 is 11.2. The van der Waals surface area contributed by atoms with Gasteiger partial charge in [-0.15, -0.1) is 0 Å². The van der Waals surface area contributed by atoms with Crippen molar-refractivity contribution in [2.24, 2.45) is 0 Å². The maximum Gasteiger partial charge on any atom is 0.157 e. The molecule has 17 heavy (non-hydrogen) atoms. The Morgan fingerprint density at radius 3 is 3.06 bits per heavy atom. The molecule has 0 aliphatic carbocycles. The molecule has 2 nitrogen and oxygen atoms in total. The van der Waals surface area contributed by atoms with Crippen molar-refractivity contribution in [3.05, 3.63) is 29.8 Å². The Labute approximate surface area is 105 Å². The molecule has 2 rings (SSSR count). The zero-order valence-corrected chi connectivity index (χ0v) is 10.7. The van der Waals surface area contributed by atoms with Crippen LogP contribution in [0.2, 0.25) is 0 Å². The minimum Gasteiger partial charge on any atom is -0.353 e. The van der Waals surface area contributed by atoms with E-state index in [0.29, 0.717) is 0 Å². The monoisotopic (exact) mass is 232 g/mol.